The molecule has 204 valence electrons. The molecule has 10 nitrogen and oxygen atoms in total. The summed E-state index contributed by atoms with van der Waals surface area (Å²) in [6, 6.07) is 25.1. The normalized spacial score (nSPS) is 14.7. The van der Waals surface area contributed by atoms with Crippen molar-refractivity contribution in [2.24, 2.45) is 0 Å². The van der Waals surface area contributed by atoms with Gasteiger partial charge in [0.15, 0.2) is 5.82 Å². The molecule has 0 spiro atoms. The molecule has 3 heterocycles. The molecule has 11 heteroatoms. The lowest BCUT2D eigenvalue weighted by molar-refractivity contribution is 0.0730. The van der Waals surface area contributed by atoms with Crippen LogP contribution in [0.4, 0.5) is 0 Å². The van der Waals surface area contributed by atoms with E-state index >= 15 is 0 Å². The van der Waals surface area contributed by atoms with Crippen molar-refractivity contribution < 1.29 is 13.2 Å². The molecule has 0 radical (unpaired) electrons. The third-order valence-electron chi connectivity index (χ3n) is 6.77. The van der Waals surface area contributed by atoms with Gasteiger partial charge in [-0.1, -0.05) is 42.5 Å². The van der Waals surface area contributed by atoms with Crippen molar-refractivity contribution in [3.05, 3.63) is 107 Å². The first-order valence-corrected chi connectivity index (χ1v) is 14.3. The van der Waals surface area contributed by atoms with E-state index in [1.807, 2.05) is 30.3 Å². The van der Waals surface area contributed by atoms with Gasteiger partial charge in [-0.2, -0.15) is 14.7 Å². The van der Waals surface area contributed by atoms with Crippen LogP contribution in [0.15, 0.2) is 94.7 Å². The highest BCUT2D eigenvalue weighted by Crippen LogP contribution is 2.30. The minimum absolute atomic E-state index is 0.123. The lowest BCUT2D eigenvalue weighted by atomic mass is 10.1. The summed E-state index contributed by atoms with van der Waals surface area (Å²) in [7, 11) is -3.75. The second-order valence-corrected chi connectivity index (χ2v) is 11.3. The molecular formula is C30H24N6O4S. The summed E-state index contributed by atoms with van der Waals surface area (Å²) >= 11 is 0. The van der Waals surface area contributed by atoms with Crippen LogP contribution < -0.4 is 5.56 Å². The van der Waals surface area contributed by atoms with Gasteiger partial charge in [0.25, 0.3) is 5.56 Å². The molecule has 1 saturated heterocycles. The minimum Gasteiger partial charge on any atom is -0.379 e. The molecule has 41 heavy (non-hydrogen) atoms. The Hall–Kier alpha value is -4.89. The Morgan fingerprint density at radius 2 is 1.76 bits per heavy atom. The number of nitrogens with one attached hydrogen (secondary N) is 1. The third kappa shape index (κ3) is 5.19. The van der Waals surface area contributed by atoms with Crippen LogP contribution >= 0.6 is 0 Å². The average Bonchev–Trinajstić information content (AvgIpc) is 3.45. The fourth-order valence-corrected chi connectivity index (χ4v) is 6.15. The number of aromatic amines is 1. The van der Waals surface area contributed by atoms with Crippen LogP contribution in [0.25, 0.3) is 39.5 Å². The van der Waals surface area contributed by atoms with Crippen molar-refractivity contribution in [3.63, 3.8) is 0 Å². The van der Waals surface area contributed by atoms with E-state index in [0.717, 1.165) is 5.69 Å². The first-order valence-electron chi connectivity index (χ1n) is 12.9. The lowest BCUT2D eigenvalue weighted by Crippen LogP contribution is -2.40. The maximum Gasteiger partial charge on any atom is 0.259 e. The summed E-state index contributed by atoms with van der Waals surface area (Å²) in [5.74, 6) is 0.123. The van der Waals surface area contributed by atoms with Crippen molar-refractivity contribution in [2.75, 3.05) is 26.3 Å². The summed E-state index contributed by atoms with van der Waals surface area (Å²) in [6.07, 6.45) is 3.35. The van der Waals surface area contributed by atoms with Crippen molar-refractivity contribution >= 4 is 32.6 Å². The van der Waals surface area contributed by atoms with Gasteiger partial charge in [-0.15, -0.1) is 0 Å². The van der Waals surface area contributed by atoms with E-state index in [1.54, 1.807) is 65.5 Å². The van der Waals surface area contributed by atoms with Crippen LogP contribution in [0.3, 0.4) is 0 Å². The Balaban J connectivity index is 1.49. The number of allylic oxidation sites excluding steroid dienone is 1. The van der Waals surface area contributed by atoms with E-state index in [9.17, 15) is 18.5 Å². The second-order valence-electron chi connectivity index (χ2n) is 9.36. The highest BCUT2D eigenvalue weighted by atomic mass is 32.2. The van der Waals surface area contributed by atoms with Crippen LogP contribution in [-0.4, -0.2) is 58.8 Å². The van der Waals surface area contributed by atoms with Gasteiger partial charge < -0.3 is 9.72 Å². The van der Waals surface area contributed by atoms with Crippen molar-refractivity contribution in [1.29, 1.82) is 5.26 Å². The van der Waals surface area contributed by atoms with Gasteiger partial charge in [-0.3, -0.25) is 4.79 Å². The molecule has 3 aromatic carbocycles. The van der Waals surface area contributed by atoms with Gasteiger partial charge in [0.05, 0.1) is 40.3 Å². The van der Waals surface area contributed by atoms with E-state index in [1.165, 1.54) is 4.31 Å². The molecule has 6 rings (SSSR count). The smallest absolute Gasteiger partial charge is 0.259 e. The molecule has 2 aromatic heterocycles. The number of ether oxygens (including phenoxy) is 1. The number of morpholine rings is 1. The summed E-state index contributed by atoms with van der Waals surface area (Å²) in [4.78, 5) is 20.0. The lowest BCUT2D eigenvalue weighted by Gasteiger charge is -2.26. The highest BCUT2D eigenvalue weighted by molar-refractivity contribution is 7.89. The maximum atomic E-state index is 13.4. The molecular weight excluding hydrogens is 540 g/mol. The molecule has 5 aromatic rings. The molecule has 0 aliphatic carbocycles. The zero-order chi connectivity index (χ0) is 28.4. The Morgan fingerprint density at radius 3 is 2.54 bits per heavy atom. The molecule has 0 saturated carbocycles. The van der Waals surface area contributed by atoms with Crippen LogP contribution in [0.2, 0.25) is 0 Å². The minimum atomic E-state index is -3.75. The van der Waals surface area contributed by atoms with Gasteiger partial charge in [-0.25, -0.2) is 18.1 Å². The number of rotatable bonds is 6. The van der Waals surface area contributed by atoms with Crippen molar-refractivity contribution in [3.8, 4) is 23.0 Å². The van der Waals surface area contributed by atoms with Crippen LogP contribution in [0.1, 0.15) is 11.4 Å². The monoisotopic (exact) mass is 564 g/mol. The molecule has 1 fully saturated rings. The maximum absolute atomic E-state index is 13.4. The number of aromatic nitrogens is 4. The SMILES string of the molecule is N#C/C(=C\c1cn(-c2ccccc2)nc1-c1cccc(S(=O)(=O)N2CCOCC2)c1)c1nc2ccccc2c(=O)[nH]1. The van der Waals surface area contributed by atoms with Crippen molar-refractivity contribution in [1.82, 2.24) is 24.1 Å². The quantitative estimate of drug-likeness (QED) is 0.310. The standard InChI is InChI=1S/C30H24N6O4S/c31-19-22(29-32-27-12-5-4-11-26(27)30(37)33-29)17-23-20-36(24-8-2-1-3-9-24)34-28(23)21-7-6-10-25(18-21)41(38,39)35-13-15-40-16-14-35/h1-12,17-18,20H,13-16H2,(H,32,33,37)/b22-17+. The summed E-state index contributed by atoms with van der Waals surface area (Å²) in [6.45, 7) is 1.26. The number of hydrogen-bond donors (Lipinski definition) is 1. The Bertz CT molecular complexity index is 1990. The fraction of sp³-hybridized carbons (Fsp3) is 0.133. The molecule has 0 amide bonds. The number of sulfonamides is 1. The number of benzene rings is 3. The first-order chi connectivity index (χ1) is 19.9. The predicted octanol–water partition coefficient (Wildman–Crippen LogP) is 3.86. The zero-order valence-corrected chi connectivity index (χ0v) is 22.6. The predicted molar refractivity (Wildman–Crippen MR) is 154 cm³/mol. The molecule has 1 aliphatic heterocycles. The summed E-state index contributed by atoms with van der Waals surface area (Å²) in [5, 5.41) is 15.3. The van der Waals surface area contributed by atoms with E-state index in [-0.39, 0.29) is 34.9 Å². The molecule has 1 N–H and O–H groups in total. The highest BCUT2D eigenvalue weighted by Gasteiger charge is 2.27. The van der Waals surface area contributed by atoms with Crippen LogP contribution in [0.5, 0.6) is 0 Å². The van der Waals surface area contributed by atoms with E-state index < -0.39 is 10.0 Å². The number of nitriles is 1. The molecule has 0 atom stereocenters. The second kappa shape index (κ2) is 10.9. The van der Waals surface area contributed by atoms with E-state index in [2.05, 4.69) is 16.0 Å². The number of nitrogens with zero attached hydrogens (tertiary/aromatic N) is 5. The van der Waals surface area contributed by atoms with Gasteiger partial charge in [-0.05, 0) is 42.5 Å². The van der Waals surface area contributed by atoms with Crippen LogP contribution in [-0.2, 0) is 14.8 Å². The van der Waals surface area contributed by atoms with Gasteiger partial charge in [0, 0.05) is 30.4 Å². The van der Waals surface area contributed by atoms with E-state index in [0.29, 0.717) is 40.9 Å². The van der Waals surface area contributed by atoms with Gasteiger partial charge in [0.1, 0.15) is 11.8 Å². The first kappa shape index (κ1) is 26.3. The van der Waals surface area contributed by atoms with Gasteiger partial charge in [0.2, 0.25) is 10.0 Å². The Kier molecular flexibility index (Phi) is 7.03. The molecule has 0 bridgehead atoms. The zero-order valence-electron chi connectivity index (χ0n) is 21.8. The Labute approximate surface area is 235 Å². The van der Waals surface area contributed by atoms with Gasteiger partial charge >= 0.3 is 0 Å². The molecule has 0 unspecified atom stereocenters. The van der Waals surface area contributed by atoms with Crippen molar-refractivity contribution in [2.45, 2.75) is 4.90 Å². The number of hydrogen-bond acceptors (Lipinski definition) is 7. The number of fused-ring (bicyclic) bond motifs is 1. The van der Waals surface area contributed by atoms with E-state index in [4.69, 9.17) is 9.84 Å². The summed E-state index contributed by atoms with van der Waals surface area (Å²) < 4.78 is 35.2. The van der Waals surface area contributed by atoms with Crippen LogP contribution in [0, 0.1) is 11.3 Å². The number of H-pyrrole nitrogens is 1. The topological polar surface area (TPSA) is 134 Å². The summed E-state index contributed by atoms with van der Waals surface area (Å²) in [5.41, 5.74) is 2.57. The molecule has 1 aliphatic rings. The average molecular weight is 565 g/mol. The largest absolute Gasteiger partial charge is 0.379 e. The number of para-hydroxylation sites is 2. The third-order valence-corrected chi connectivity index (χ3v) is 8.66. The Morgan fingerprint density at radius 1 is 1.00 bits per heavy atom. The fourth-order valence-electron chi connectivity index (χ4n) is 4.69.